The Morgan fingerprint density at radius 1 is 0.609 bits per heavy atom. The topological polar surface area (TPSA) is 9.23 Å². The van der Waals surface area contributed by atoms with Gasteiger partial charge in [-0.3, -0.25) is 0 Å². The Balaban J connectivity index is 1.70. The molecule has 0 radical (unpaired) electrons. The summed E-state index contributed by atoms with van der Waals surface area (Å²) in [6.45, 7) is 20.0. The lowest BCUT2D eigenvalue weighted by molar-refractivity contribution is -0.240. The molecule has 132 valence electrons. The molecule has 1 heteroatoms. The van der Waals surface area contributed by atoms with Crippen LogP contribution in [-0.4, -0.2) is 11.2 Å². The quantitative estimate of drug-likeness (QED) is 0.588. The second-order valence-corrected chi connectivity index (χ2v) is 11.6. The predicted octanol–water partition coefficient (Wildman–Crippen LogP) is 6.21. The Bertz CT molecular complexity index is 500. The van der Waals surface area contributed by atoms with E-state index < -0.39 is 0 Å². The predicted molar refractivity (Wildman–Crippen MR) is 96.4 cm³/mol. The van der Waals surface area contributed by atoms with Crippen molar-refractivity contribution in [1.82, 2.24) is 0 Å². The summed E-state index contributed by atoms with van der Waals surface area (Å²) >= 11 is 0. The molecule has 0 spiro atoms. The van der Waals surface area contributed by atoms with Crippen molar-refractivity contribution in [2.24, 2.45) is 33.5 Å². The van der Waals surface area contributed by atoms with Gasteiger partial charge in [0, 0.05) is 10.8 Å². The van der Waals surface area contributed by atoms with Crippen molar-refractivity contribution in [3.05, 3.63) is 0 Å². The van der Waals surface area contributed by atoms with Gasteiger partial charge in [-0.2, -0.15) is 0 Å². The molecule has 4 bridgehead atoms. The minimum absolute atomic E-state index is 0.0533. The van der Waals surface area contributed by atoms with Gasteiger partial charge in [0.25, 0.3) is 0 Å². The highest BCUT2D eigenvalue weighted by Gasteiger charge is 2.73. The molecule has 0 aromatic heterocycles. The minimum Gasteiger partial charge on any atom is -0.368 e. The number of fused-ring (bicyclic) bond motifs is 4. The Morgan fingerprint density at radius 2 is 0.957 bits per heavy atom. The van der Waals surface area contributed by atoms with Gasteiger partial charge in [-0.15, -0.1) is 0 Å². The maximum absolute atomic E-state index is 7.29. The highest BCUT2D eigenvalue weighted by Crippen LogP contribution is 2.75. The van der Waals surface area contributed by atoms with Crippen LogP contribution in [-0.2, 0) is 4.74 Å². The average Bonchev–Trinajstić information content (AvgIpc) is 2.88. The lowest BCUT2D eigenvalue weighted by atomic mass is 9.62. The molecule has 4 saturated carbocycles. The summed E-state index contributed by atoms with van der Waals surface area (Å²) < 4.78 is 7.29. The van der Waals surface area contributed by atoms with Gasteiger partial charge in [0.15, 0.2) is 0 Å². The summed E-state index contributed by atoms with van der Waals surface area (Å²) in [5.41, 5.74) is 1.61. The number of rotatable bonds is 2. The third-order valence-electron chi connectivity index (χ3n) is 10.9. The average molecular weight is 319 g/mol. The molecular formula is C22H38O. The van der Waals surface area contributed by atoms with E-state index in [9.17, 15) is 0 Å². The van der Waals surface area contributed by atoms with Crippen LogP contribution in [0.1, 0.15) is 93.9 Å². The summed E-state index contributed by atoms with van der Waals surface area (Å²) in [6.07, 6.45) is 8.05. The van der Waals surface area contributed by atoms with Gasteiger partial charge in [0.2, 0.25) is 0 Å². The van der Waals surface area contributed by atoms with Crippen LogP contribution in [0.15, 0.2) is 0 Å². The van der Waals surface area contributed by atoms with Gasteiger partial charge in [-0.1, -0.05) is 41.5 Å². The molecule has 23 heavy (non-hydrogen) atoms. The van der Waals surface area contributed by atoms with E-state index in [0.29, 0.717) is 21.7 Å². The van der Waals surface area contributed by atoms with Gasteiger partial charge in [-0.05, 0) is 75.0 Å². The van der Waals surface area contributed by atoms with Gasteiger partial charge < -0.3 is 4.74 Å². The molecule has 0 aromatic carbocycles. The fourth-order valence-electron chi connectivity index (χ4n) is 8.00. The van der Waals surface area contributed by atoms with E-state index in [2.05, 4.69) is 55.4 Å². The van der Waals surface area contributed by atoms with Gasteiger partial charge in [0.1, 0.15) is 0 Å². The van der Waals surface area contributed by atoms with E-state index in [1.807, 2.05) is 0 Å². The Morgan fingerprint density at radius 3 is 1.17 bits per heavy atom. The number of hydrogen-bond acceptors (Lipinski definition) is 1. The molecular weight excluding hydrogens is 280 g/mol. The maximum Gasteiger partial charge on any atom is 0.0723 e. The van der Waals surface area contributed by atoms with E-state index in [1.165, 1.54) is 38.5 Å². The highest BCUT2D eigenvalue weighted by molar-refractivity contribution is 5.22. The first kappa shape index (κ1) is 16.4. The standard InChI is InChI=1S/C22H38O/c1-17(2)15-9-11-19(17,5)21(7,13-15)23-22(8)14-16-10-12-20(22,6)18(16,3)4/h15-16H,9-14H2,1-8H3. The van der Waals surface area contributed by atoms with Crippen LogP contribution < -0.4 is 0 Å². The molecule has 0 aliphatic heterocycles. The molecule has 0 N–H and O–H groups in total. The lowest BCUT2D eigenvalue weighted by Crippen LogP contribution is -2.56. The van der Waals surface area contributed by atoms with E-state index in [-0.39, 0.29) is 11.2 Å². The van der Waals surface area contributed by atoms with Gasteiger partial charge in [-0.25, -0.2) is 0 Å². The number of hydrogen-bond donors (Lipinski definition) is 0. The zero-order valence-electron chi connectivity index (χ0n) is 16.8. The maximum atomic E-state index is 7.29. The molecule has 1 nitrogen and oxygen atoms in total. The fraction of sp³-hybridized carbons (Fsp3) is 1.00. The van der Waals surface area contributed by atoms with E-state index in [4.69, 9.17) is 4.74 Å². The Labute approximate surface area is 143 Å². The van der Waals surface area contributed by atoms with Crippen molar-refractivity contribution in [2.75, 3.05) is 0 Å². The second kappa shape index (κ2) is 4.02. The third-order valence-corrected chi connectivity index (χ3v) is 10.9. The molecule has 0 saturated heterocycles. The zero-order chi connectivity index (χ0) is 17.1. The van der Waals surface area contributed by atoms with E-state index >= 15 is 0 Å². The summed E-state index contributed by atoms with van der Waals surface area (Å²) in [7, 11) is 0. The van der Waals surface area contributed by atoms with Crippen LogP contribution in [0.5, 0.6) is 0 Å². The summed E-state index contributed by atoms with van der Waals surface area (Å²) in [6, 6.07) is 0. The highest BCUT2D eigenvalue weighted by atomic mass is 16.5. The largest absolute Gasteiger partial charge is 0.368 e. The second-order valence-electron chi connectivity index (χ2n) is 11.6. The molecule has 0 amide bonds. The first-order chi connectivity index (χ1) is 10.3. The molecule has 4 aliphatic carbocycles. The molecule has 4 rings (SSSR count). The van der Waals surface area contributed by atoms with Crippen LogP contribution in [0, 0.1) is 33.5 Å². The van der Waals surface area contributed by atoms with Crippen LogP contribution in [0.25, 0.3) is 0 Å². The summed E-state index contributed by atoms with van der Waals surface area (Å²) in [5.74, 6) is 1.70. The number of ether oxygens (including phenoxy) is 1. The molecule has 4 aliphatic rings. The minimum atomic E-state index is 0.0533. The normalized spacial score (nSPS) is 59.0. The first-order valence-electron chi connectivity index (χ1n) is 10.0. The van der Waals surface area contributed by atoms with Crippen LogP contribution in [0.2, 0.25) is 0 Å². The molecule has 6 atom stereocenters. The summed E-state index contributed by atoms with van der Waals surface area (Å²) in [5, 5.41) is 0. The van der Waals surface area contributed by atoms with E-state index in [1.54, 1.807) is 0 Å². The Hall–Kier alpha value is -0.0400. The third kappa shape index (κ3) is 1.52. The molecule has 6 unspecified atom stereocenters. The fourth-order valence-corrected chi connectivity index (χ4v) is 8.00. The van der Waals surface area contributed by atoms with Crippen LogP contribution in [0.3, 0.4) is 0 Å². The molecule has 0 heterocycles. The van der Waals surface area contributed by atoms with Crippen molar-refractivity contribution in [3.8, 4) is 0 Å². The zero-order valence-corrected chi connectivity index (χ0v) is 16.8. The molecule has 4 fully saturated rings. The summed E-state index contributed by atoms with van der Waals surface area (Å²) in [4.78, 5) is 0. The first-order valence-corrected chi connectivity index (χ1v) is 10.0. The van der Waals surface area contributed by atoms with Crippen LogP contribution in [0.4, 0.5) is 0 Å². The van der Waals surface area contributed by atoms with Crippen LogP contribution >= 0.6 is 0 Å². The lowest BCUT2D eigenvalue weighted by Gasteiger charge is -2.55. The van der Waals surface area contributed by atoms with Crippen molar-refractivity contribution in [2.45, 2.75) is 105 Å². The molecule has 0 aromatic rings. The van der Waals surface area contributed by atoms with Crippen molar-refractivity contribution in [3.63, 3.8) is 0 Å². The SMILES string of the molecule is CC1(OC2(C)CC3CCC2(C)C3(C)C)CC2CCC1(C)C2(C)C. The smallest absolute Gasteiger partial charge is 0.0723 e. The Kier molecular flexibility index (Phi) is 2.87. The van der Waals surface area contributed by atoms with Crippen molar-refractivity contribution < 1.29 is 4.74 Å². The monoisotopic (exact) mass is 318 g/mol. The van der Waals surface area contributed by atoms with Crippen molar-refractivity contribution >= 4 is 0 Å². The van der Waals surface area contributed by atoms with E-state index in [0.717, 1.165) is 11.8 Å². The van der Waals surface area contributed by atoms with Crippen molar-refractivity contribution in [1.29, 1.82) is 0 Å². The van der Waals surface area contributed by atoms with Gasteiger partial charge in [0.05, 0.1) is 11.2 Å². The van der Waals surface area contributed by atoms with Gasteiger partial charge >= 0.3 is 0 Å².